The quantitative estimate of drug-likeness (QED) is 0.880. The van der Waals surface area contributed by atoms with E-state index in [1.165, 1.54) is 24.1 Å². The highest BCUT2D eigenvalue weighted by Crippen LogP contribution is 2.36. The molecule has 0 spiro atoms. The largest absolute Gasteiger partial charge is 0.319 e. The molecule has 0 bridgehead atoms. The van der Waals surface area contributed by atoms with E-state index < -0.39 is 0 Å². The third-order valence-corrected chi connectivity index (χ3v) is 4.40. The molecule has 0 unspecified atom stereocenters. The van der Waals surface area contributed by atoms with E-state index in [9.17, 15) is 0 Å². The third kappa shape index (κ3) is 2.62. The van der Waals surface area contributed by atoms with Crippen LogP contribution in [0, 0.1) is 0 Å². The fraction of sp³-hybridized carbons (Fsp3) is 0.750. The highest BCUT2D eigenvalue weighted by atomic mass is 32.1. The standard InChI is InChI=1S/C12H21N3S/c1-15(2)9-10-8-14-11(16-10)12(13)6-4-3-5-7-12/h8H,3-7,9,13H2,1-2H3. The van der Waals surface area contributed by atoms with E-state index in [0.29, 0.717) is 0 Å². The lowest BCUT2D eigenvalue weighted by Crippen LogP contribution is -2.38. The van der Waals surface area contributed by atoms with Crippen molar-refractivity contribution in [2.75, 3.05) is 14.1 Å². The van der Waals surface area contributed by atoms with Crippen LogP contribution in [-0.4, -0.2) is 24.0 Å². The molecular formula is C12H21N3S. The smallest absolute Gasteiger partial charge is 0.113 e. The van der Waals surface area contributed by atoms with Gasteiger partial charge in [0.2, 0.25) is 0 Å². The lowest BCUT2D eigenvalue weighted by molar-refractivity contribution is 0.301. The van der Waals surface area contributed by atoms with Gasteiger partial charge in [-0.25, -0.2) is 4.98 Å². The van der Waals surface area contributed by atoms with Crippen LogP contribution in [0.3, 0.4) is 0 Å². The van der Waals surface area contributed by atoms with Gasteiger partial charge in [-0.2, -0.15) is 0 Å². The molecule has 1 aliphatic rings. The maximum atomic E-state index is 6.46. The summed E-state index contributed by atoms with van der Waals surface area (Å²) in [5.41, 5.74) is 6.33. The molecule has 1 aromatic heterocycles. The molecular weight excluding hydrogens is 218 g/mol. The van der Waals surface area contributed by atoms with E-state index in [4.69, 9.17) is 5.73 Å². The molecule has 4 heteroatoms. The van der Waals surface area contributed by atoms with Crippen molar-refractivity contribution < 1.29 is 0 Å². The first-order chi connectivity index (χ1) is 7.60. The van der Waals surface area contributed by atoms with Crippen LogP contribution in [0.25, 0.3) is 0 Å². The molecule has 2 rings (SSSR count). The highest BCUT2D eigenvalue weighted by molar-refractivity contribution is 7.11. The summed E-state index contributed by atoms with van der Waals surface area (Å²) in [5.74, 6) is 0. The van der Waals surface area contributed by atoms with Gasteiger partial charge in [-0.15, -0.1) is 11.3 Å². The van der Waals surface area contributed by atoms with Crippen LogP contribution in [0.15, 0.2) is 6.20 Å². The molecule has 1 heterocycles. The monoisotopic (exact) mass is 239 g/mol. The summed E-state index contributed by atoms with van der Waals surface area (Å²) in [5, 5.41) is 1.14. The fourth-order valence-electron chi connectivity index (χ4n) is 2.32. The van der Waals surface area contributed by atoms with E-state index in [1.54, 1.807) is 11.3 Å². The zero-order valence-electron chi connectivity index (χ0n) is 10.2. The van der Waals surface area contributed by atoms with E-state index in [1.807, 2.05) is 6.20 Å². The second kappa shape index (κ2) is 4.82. The maximum absolute atomic E-state index is 6.46. The molecule has 1 fully saturated rings. The number of hydrogen-bond acceptors (Lipinski definition) is 4. The Kier molecular flexibility index (Phi) is 3.62. The molecule has 0 aromatic carbocycles. The Morgan fingerprint density at radius 2 is 2.06 bits per heavy atom. The van der Waals surface area contributed by atoms with Gasteiger partial charge in [-0.05, 0) is 26.9 Å². The van der Waals surface area contributed by atoms with Crippen LogP contribution in [0.4, 0.5) is 0 Å². The Balaban J connectivity index is 2.10. The van der Waals surface area contributed by atoms with Crippen molar-refractivity contribution in [1.82, 2.24) is 9.88 Å². The molecule has 1 saturated carbocycles. The lowest BCUT2D eigenvalue weighted by atomic mass is 9.83. The Morgan fingerprint density at radius 3 is 2.69 bits per heavy atom. The van der Waals surface area contributed by atoms with Crippen molar-refractivity contribution in [3.8, 4) is 0 Å². The summed E-state index contributed by atoms with van der Waals surface area (Å²) >= 11 is 1.79. The number of nitrogens with two attached hydrogens (primary N) is 1. The summed E-state index contributed by atoms with van der Waals surface area (Å²) in [6.45, 7) is 0.966. The topological polar surface area (TPSA) is 42.2 Å². The van der Waals surface area contributed by atoms with Gasteiger partial charge in [0.05, 0.1) is 5.54 Å². The highest BCUT2D eigenvalue weighted by Gasteiger charge is 2.32. The van der Waals surface area contributed by atoms with Crippen molar-refractivity contribution in [3.63, 3.8) is 0 Å². The first kappa shape index (κ1) is 12.0. The summed E-state index contributed by atoms with van der Waals surface area (Å²) in [7, 11) is 4.16. The Labute approximate surface area is 102 Å². The van der Waals surface area contributed by atoms with E-state index in [-0.39, 0.29) is 5.54 Å². The molecule has 1 aromatic rings. The first-order valence-electron chi connectivity index (χ1n) is 5.99. The summed E-state index contributed by atoms with van der Waals surface area (Å²) in [6, 6.07) is 0. The Morgan fingerprint density at radius 1 is 1.38 bits per heavy atom. The van der Waals surface area contributed by atoms with Crippen LogP contribution < -0.4 is 5.73 Å². The van der Waals surface area contributed by atoms with Crippen molar-refractivity contribution in [2.24, 2.45) is 5.73 Å². The minimum atomic E-state index is -0.131. The van der Waals surface area contributed by atoms with Gasteiger partial charge in [0.15, 0.2) is 0 Å². The number of nitrogens with zero attached hydrogens (tertiary/aromatic N) is 2. The van der Waals surface area contributed by atoms with Crippen LogP contribution in [0.1, 0.15) is 42.0 Å². The average Bonchev–Trinajstić information content (AvgIpc) is 2.67. The second-order valence-electron chi connectivity index (χ2n) is 5.09. The van der Waals surface area contributed by atoms with E-state index >= 15 is 0 Å². The molecule has 0 radical (unpaired) electrons. The van der Waals surface area contributed by atoms with Crippen LogP contribution in [0.2, 0.25) is 0 Å². The third-order valence-electron chi connectivity index (χ3n) is 3.20. The van der Waals surface area contributed by atoms with Gasteiger partial charge in [0.25, 0.3) is 0 Å². The van der Waals surface area contributed by atoms with E-state index in [0.717, 1.165) is 24.4 Å². The molecule has 2 N–H and O–H groups in total. The molecule has 16 heavy (non-hydrogen) atoms. The number of rotatable bonds is 3. The van der Waals surface area contributed by atoms with Gasteiger partial charge in [0, 0.05) is 17.6 Å². The van der Waals surface area contributed by atoms with Crippen LogP contribution >= 0.6 is 11.3 Å². The van der Waals surface area contributed by atoms with Crippen molar-refractivity contribution in [2.45, 2.75) is 44.2 Å². The predicted octanol–water partition coefficient (Wildman–Crippen LogP) is 2.32. The van der Waals surface area contributed by atoms with Crippen molar-refractivity contribution in [1.29, 1.82) is 0 Å². The molecule has 0 atom stereocenters. The Bertz CT molecular complexity index is 340. The normalized spacial score (nSPS) is 20.2. The van der Waals surface area contributed by atoms with Gasteiger partial charge >= 0.3 is 0 Å². The molecule has 90 valence electrons. The minimum Gasteiger partial charge on any atom is -0.319 e. The minimum absolute atomic E-state index is 0.131. The molecule has 0 amide bonds. The molecule has 0 saturated heterocycles. The number of aromatic nitrogens is 1. The van der Waals surface area contributed by atoms with E-state index in [2.05, 4.69) is 24.0 Å². The van der Waals surface area contributed by atoms with Gasteiger partial charge in [-0.3, -0.25) is 0 Å². The molecule has 0 aliphatic heterocycles. The van der Waals surface area contributed by atoms with Crippen molar-refractivity contribution in [3.05, 3.63) is 16.1 Å². The zero-order chi connectivity index (χ0) is 11.6. The number of hydrogen-bond donors (Lipinski definition) is 1. The first-order valence-corrected chi connectivity index (χ1v) is 6.81. The van der Waals surface area contributed by atoms with Gasteiger partial charge < -0.3 is 10.6 Å². The second-order valence-corrected chi connectivity index (χ2v) is 6.20. The summed E-state index contributed by atoms with van der Waals surface area (Å²) in [4.78, 5) is 8.01. The summed E-state index contributed by atoms with van der Waals surface area (Å²) in [6.07, 6.45) is 8.01. The predicted molar refractivity (Wildman–Crippen MR) is 68.5 cm³/mol. The summed E-state index contributed by atoms with van der Waals surface area (Å²) < 4.78 is 0. The lowest BCUT2D eigenvalue weighted by Gasteiger charge is -2.31. The molecule has 3 nitrogen and oxygen atoms in total. The Hall–Kier alpha value is -0.450. The van der Waals surface area contributed by atoms with Gasteiger partial charge in [0.1, 0.15) is 5.01 Å². The molecule has 1 aliphatic carbocycles. The maximum Gasteiger partial charge on any atom is 0.113 e. The van der Waals surface area contributed by atoms with Crippen LogP contribution in [0.5, 0.6) is 0 Å². The number of thiazole rings is 1. The fourth-order valence-corrected chi connectivity index (χ4v) is 3.51. The van der Waals surface area contributed by atoms with Gasteiger partial charge in [-0.1, -0.05) is 19.3 Å². The average molecular weight is 239 g/mol. The van der Waals surface area contributed by atoms with Crippen molar-refractivity contribution >= 4 is 11.3 Å². The van der Waals surface area contributed by atoms with Crippen LogP contribution in [-0.2, 0) is 12.1 Å². The zero-order valence-corrected chi connectivity index (χ0v) is 11.0. The SMILES string of the molecule is CN(C)Cc1cnc(C2(N)CCCCC2)s1.